The van der Waals surface area contributed by atoms with Crippen molar-refractivity contribution in [3.63, 3.8) is 0 Å². The van der Waals surface area contributed by atoms with Crippen molar-refractivity contribution in [3.05, 3.63) is 28.8 Å². The zero-order valence-electron chi connectivity index (χ0n) is 9.23. The third-order valence-corrected chi connectivity index (χ3v) is 3.68. The second-order valence-electron chi connectivity index (χ2n) is 3.46. The number of halogens is 1. The normalized spacial score (nSPS) is 10.8. The molecule has 0 N–H and O–H groups in total. The second kappa shape index (κ2) is 4.43. The summed E-state index contributed by atoms with van der Waals surface area (Å²) in [5, 5.41) is 9.44. The highest BCUT2D eigenvalue weighted by atomic mass is 35.5. The first-order valence-corrected chi connectivity index (χ1v) is 5.93. The van der Waals surface area contributed by atoms with Crippen molar-refractivity contribution in [1.82, 2.24) is 19.7 Å². The summed E-state index contributed by atoms with van der Waals surface area (Å²) in [5.41, 5.74) is 1.08. The third kappa shape index (κ3) is 2.20. The molecule has 2 aromatic heterocycles. The molecule has 0 aliphatic carbocycles. The molecule has 4 nitrogen and oxygen atoms in total. The van der Waals surface area contributed by atoms with Gasteiger partial charge in [-0.2, -0.15) is 0 Å². The van der Waals surface area contributed by atoms with E-state index < -0.39 is 0 Å². The average Bonchev–Trinajstić information content (AvgIpc) is 2.55. The van der Waals surface area contributed by atoms with Crippen molar-refractivity contribution in [3.8, 4) is 0 Å². The van der Waals surface area contributed by atoms with E-state index in [0.29, 0.717) is 5.15 Å². The van der Waals surface area contributed by atoms with E-state index in [0.717, 1.165) is 21.4 Å². The molecule has 0 aliphatic rings. The summed E-state index contributed by atoms with van der Waals surface area (Å²) in [7, 11) is 1.94. The Morgan fingerprint density at radius 3 is 2.69 bits per heavy atom. The summed E-state index contributed by atoms with van der Waals surface area (Å²) in [4.78, 5) is 5.07. The zero-order valence-corrected chi connectivity index (χ0v) is 10.8. The summed E-state index contributed by atoms with van der Waals surface area (Å²) >= 11 is 7.40. The molecule has 84 valence electrons. The van der Waals surface area contributed by atoms with Crippen LogP contribution in [0.4, 0.5) is 0 Å². The van der Waals surface area contributed by atoms with Gasteiger partial charge in [-0.3, -0.25) is 0 Å². The van der Waals surface area contributed by atoms with Gasteiger partial charge >= 0.3 is 0 Å². The molecular formula is C10H11ClN4S. The van der Waals surface area contributed by atoms with Crippen molar-refractivity contribution >= 4 is 23.4 Å². The molecule has 6 heteroatoms. The van der Waals surface area contributed by atoms with Gasteiger partial charge in [0.15, 0.2) is 5.16 Å². The Balaban J connectivity index is 2.33. The van der Waals surface area contributed by atoms with Crippen LogP contribution in [0.25, 0.3) is 0 Å². The lowest BCUT2D eigenvalue weighted by Gasteiger charge is -2.04. The molecule has 2 rings (SSSR count). The van der Waals surface area contributed by atoms with E-state index in [1.54, 1.807) is 18.0 Å². The highest BCUT2D eigenvalue weighted by Gasteiger charge is 2.09. The topological polar surface area (TPSA) is 43.6 Å². The van der Waals surface area contributed by atoms with E-state index >= 15 is 0 Å². The summed E-state index contributed by atoms with van der Waals surface area (Å²) in [5.74, 6) is 0.889. The molecule has 0 saturated carbocycles. The Morgan fingerprint density at radius 1 is 1.31 bits per heavy atom. The van der Waals surface area contributed by atoms with Crippen molar-refractivity contribution < 1.29 is 0 Å². The quantitative estimate of drug-likeness (QED) is 0.773. The maximum atomic E-state index is 5.86. The fourth-order valence-electron chi connectivity index (χ4n) is 1.17. The molecule has 0 aliphatic heterocycles. The Morgan fingerprint density at radius 2 is 2.06 bits per heavy atom. The lowest BCUT2D eigenvalue weighted by Crippen LogP contribution is -1.94. The van der Waals surface area contributed by atoms with Gasteiger partial charge in [-0.05, 0) is 37.2 Å². The van der Waals surface area contributed by atoms with Crippen molar-refractivity contribution in [2.45, 2.75) is 23.9 Å². The van der Waals surface area contributed by atoms with Crippen molar-refractivity contribution in [1.29, 1.82) is 0 Å². The average molecular weight is 255 g/mol. The van der Waals surface area contributed by atoms with Crippen LogP contribution in [0.2, 0.25) is 5.15 Å². The predicted octanol–water partition coefficient (Wildman–Crippen LogP) is 2.63. The minimum atomic E-state index is 0.493. The van der Waals surface area contributed by atoms with Gasteiger partial charge < -0.3 is 4.57 Å². The molecule has 0 aromatic carbocycles. The van der Waals surface area contributed by atoms with Crippen LogP contribution in [0.3, 0.4) is 0 Å². The van der Waals surface area contributed by atoms with E-state index in [9.17, 15) is 0 Å². The first-order chi connectivity index (χ1) is 7.58. The van der Waals surface area contributed by atoms with E-state index in [2.05, 4.69) is 15.2 Å². The van der Waals surface area contributed by atoms with Gasteiger partial charge in [0.25, 0.3) is 0 Å². The molecule has 0 spiro atoms. The van der Waals surface area contributed by atoms with Gasteiger partial charge in [0.1, 0.15) is 11.0 Å². The molecule has 0 saturated heterocycles. The number of hydrogen-bond donors (Lipinski definition) is 0. The summed E-state index contributed by atoms with van der Waals surface area (Å²) in [6.07, 6.45) is 1.76. The van der Waals surface area contributed by atoms with Crippen molar-refractivity contribution in [2.75, 3.05) is 0 Å². The fourth-order valence-corrected chi connectivity index (χ4v) is 2.32. The summed E-state index contributed by atoms with van der Waals surface area (Å²) in [6.45, 7) is 3.92. The van der Waals surface area contributed by atoms with Crippen LogP contribution < -0.4 is 0 Å². The van der Waals surface area contributed by atoms with Crippen LogP contribution in [0.1, 0.15) is 11.4 Å². The Hall–Kier alpha value is -1.07. The molecule has 16 heavy (non-hydrogen) atoms. The molecular weight excluding hydrogens is 244 g/mol. The van der Waals surface area contributed by atoms with Gasteiger partial charge in [-0.25, -0.2) is 4.98 Å². The number of pyridine rings is 1. The molecule has 0 fully saturated rings. The van der Waals surface area contributed by atoms with E-state index in [-0.39, 0.29) is 0 Å². The van der Waals surface area contributed by atoms with Gasteiger partial charge in [-0.15, -0.1) is 10.2 Å². The number of nitrogens with zero attached hydrogens (tertiary/aromatic N) is 4. The van der Waals surface area contributed by atoms with Crippen LogP contribution in [0.5, 0.6) is 0 Å². The lowest BCUT2D eigenvalue weighted by molar-refractivity contribution is 0.765. The number of rotatable bonds is 2. The molecule has 0 radical (unpaired) electrons. The monoisotopic (exact) mass is 254 g/mol. The van der Waals surface area contributed by atoms with Crippen LogP contribution in [-0.2, 0) is 7.05 Å². The number of aryl methyl sites for hydroxylation is 2. The number of aromatic nitrogens is 4. The summed E-state index contributed by atoms with van der Waals surface area (Å²) < 4.78 is 1.94. The SMILES string of the molecule is Cc1cnc(Cl)cc1Sc1nnc(C)n1C. The Kier molecular flexibility index (Phi) is 3.16. The number of hydrogen-bond acceptors (Lipinski definition) is 4. The summed E-state index contributed by atoms with van der Waals surface area (Å²) in [6, 6.07) is 1.84. The fraction of sp³-hybridized carbons (Fsp3) is 0.300. The molecule has 0 amide bonds. The first kappa shape index (κ1) is 11.4. The minimum Gasteiger partial charge on any atom is -0.309 e. The standard InChI is InChI=1S/C10H11ClN4S/c1-6-5-12-9(11)4-8(6)16-10-14-13-7(2)15(10)3/h4-5H,1-3H3. The van der Waals surface area contributed by atoms with Crippen LogP contribution in [-0.4, -0.2) is 19.7 Å². The van der Waals surface area contributed by atoms with Crippen molar-refractivity contribution in [2.24, 2.45) is 7.05 Å². The van der Waals surface area contributed by atoms with E-state index in [4.69, 9.17) is 11.6 Å². The molecule has 2 heterocycles. The molecule has 0 unspecified atom stereocenters. The molecule has 0 bridgehead atoms. The van der Waals surface area contributed by atoms with Gasteiger partial charge in [-0.1, -0.05) is 11.6 Å². The first-order valence-electron chi connectivity index (χ1n) is 4.74. The maximum absolute atomic E-state index is 5.86. The van der Waals surface area contributed by atoms with E-state index in [1.165, 1.54) is 0 Å². The van der Waals surface area contributed by atoms with E-state index in [1.807, 2.05) is 31.5 Å². The second-order valence-corrected chi connectivity index (χ2v) is 4.86. The molecule has 0 atom stereocenters. The van der Waals surface area contributed by atoms with Crippen LogP contribution >= 0.6 is 23.4 Å². The highest BCUT2D eigenvalue weighted by molar-refractivity contribution is 7.99. The van der Waals surface area contributed by atoms with Gasteiger partial charge in [0.05, 0.1) is 0 Å². The maximum Gasteiger partial charge on any atom is 0.195 e. The van der Waals surface area contributed by atoms with Crippen LogP contribution in [0, 0.1) is 13.8 Å². The molecule has 2 aromatic rings. The predicted molar refractivity (Wildman–Crippen MR) is 63.8 cm³/mol. The lowest BCUT2D eigenvalue weighted by atomic mass is 10.3. The third-order valence-electron chi connectivity index (χ3n) is 2.27. The Bertz CT molecular complexity index is 524. The smallest absolute Gasteiger partial charge is 0.195 e. The largest absolute Gasteiger partial charge is 0.309 e. The zero-order chi connectivity index (χ0) is 11.7. The van der Waals surface area contributed by atoms with Gasteiger partial charge in [0, 0.05) is 18.1 Å². The van der Waals surface area contributed by atoms with Gasteiger partial charge in [0.2, 0.25) is 0 Å². The van der Waals surface area contributed by atoms with Crippen LogP contribution in [0.15, 0.2) is 22.3 Å². The Labute approximate surface area is 103 Å². The highest BCUT2D eigenvalue weighted by Crippen LogP contribution is 2.29. The minimum absolute atomic E-state index is 0.493.